The first kappa shape index (κ1) is 12.6. The van der Waals surface area contributed by atoms with Gasteiger partial charge in [0.2, 0.25) is 0 Å². The molecular weight excluding hydrogens is 257 g/mol. The monoisotopic (exact) mass is 269 g/mol. The minimum Gasteiger partial charge on any atom is -0.308 e. The van der Waals surface area contributed by atoms with Crippen LogP contribution in [0.1, 0.15) is 16.7 Å². The molecule has 90 valence electrons. The summed E-state index contributed by atoms with van der Waals surface area (Å²) < 4.78 is 13.4. The number of nitrogens with one attached hydrogen (secondary N) is 1. The van der Waals surface area contributed by atoms with E-state index in [1.54, 1.807) is 23.5 Å². The third-order valence-electron chi connectivity index (χ3n) is 2.60. The molecule has 0 saturated carbocycles. The van der Waals surface area contributed by atoms with Gasteiger partial charge in [0.25, 0.3) is 0 Å². The summed E-state index contributed by atoms with van der Waals surface area (Å²) >= 11 is 7.51. The van der Waals surface area contributed by atoms with E-state index in [9.17, 15) is 4.39 Å². The van der Waals surface area contributed by atoms with Crippen LogP contribution in [0.3, 0.4) is 0 Å². The molecule has 0 unspecified atom stereocenters. The third-order valence-corrected chi connectivity index (χ3v) is 3.75. The summed E-state index contributed by atoms with van der Waals surface area (Å²) in [6, 6.07) is 4.61. The lowest BCUT2D eigenvalue weighted by molar-refractivity contribution is 0.588. The van der Waals surface area contributed by atoms with Gasteiger partial charge in [0.1, 0.15) is 5.82 Å². The van der Waals surface area contributed by atoms with Gasteiger partial charge in [-0.15, -0.1) is 0 Å². The molecule has 0 fully saturated rings. The minimum absolute atomic E-state index is 0.219. The van der Waals surface area contributed by atoms with Crippen molar-refractivity contribution in [2.24, 2.45) is 0 Å². The molecule has 4 heteroatoms. The van der Waals surface area contributed by atoms with Crippen LogP contribution >= 0.6 is 22.9 Å². The smallest absolute Gasteiger partial charge is 0.127 e. The number of hydrogen-bond acceptors (Lipinski definition) is 2. The molecule has 2 aromatic rings. The van der Waals surface area contributed by atoms with Gasteiger partial charge in [0, 0.05) is 23.7 Å². The lowest BCUT2D eigenvalue weighted by atomic mass is 10.2. The van der Waals surface area contributed by atoms with E-state index in [2.05, 4.69) is 23.0 Å². The van der Waals surface area contributed by atoms with Gasteiger partial charge in [-0.05, 0) is 47.0 Å². The van der Waals surface area contributed by atoms with Crippen LogP contribution in [0, 0.1) is 12.7 Å². The molecule has 1 N–H and O–H groups in total. The molecule has 1 aromatic carbocycles. The van der Waals surface area contributed by atoms with Crippen LogP contribution in [-0.4, -0.2) is 0 Å². The number of rotatable bonds is 4. The lowest BCUT2D eigenvalue weighted by Gasteiger charge is -2.06. The van der Waals surface area contributed by atoms with Crippen molar-refractivity contribution in [2.45, 2.75) is 20.0 Å². The molecule has 0 atom stereocenters. The first-order valence-electron chi connectivity index (χ1n) is 5.33. The van der Waals surface area contributed by atoms with Crippen molar-refractivity contribution in [3.8, 4) is 0 Å². The number of halogens is 2. The van der Waals surface area contributed by atoms with Gasteiger partial charge in [0.05, 0.1) is 0 Å². The maximum Gasteiger partial charge on any atom is 0.127 e. The Hall–Kier alpha value is -0.900. The zero-order valence-corrected chi connectivity index (χ0v) is 11.0. The van der Waals surface area contributed by atoms with Crippen LogP contribution in [0.2, 0.25) is 5.02 Å². The molecule has 1 heterocycles. The lowest BCUT2D eigenvalue weighted by Crippen LogP contribution is -2.13. The van der Waals surface area contributed by atoms with E-state index >= 15 is 0 Å². The molecule has 0 amide bonds. The highest BCUT2D eigenvalue weighted by atomic mass is 35.5. The molecule has 0 aliphatic heterocycles. The predicted molar refractivity (Wildman–Crippen MR) is 71.0 cm³/mol. The van der Waals surface area contributed by atoms with E-state index < -0.39 is 0 Å². The topological polar surface area (TPSA) is 12.0 Å². The molecule has 2 rings (SSSR count). The highest BCUT2D eigenvalue weighted by Crippen LogP contribution is 2.16. The zero-order valence-electron chi connectivity index (χ0n) is 9.47. The first-order valence-corrected chi connectivity index (χ1v) is 6.65. The molecule has 0 bridgehead atoms. The molecule has 17 heavy (non-hydrogen) atoms. The Morgan fingerprint density at radius 3 is 2.71 bits per heavy atom. The molecule has 0 spiro atoms. The maximum absolute atomic E-state index is 13.4. The van der Waals surface area contributed by atoms with Crippen molar-refractivity contribution in [1.82, 2.24) is 5.32 Å². The van der Waals surface area contributed by atoms with Crippen LogP contribution in [0.5, 0.6) is 0 Å². The van der Waals surface area contributed by atoms with E-state index in [1.165, 1.54) is 17.2 Å². The molecule has 1 aromatic heterocycles. The second-order valence-electron chi connectivity index (χ2n) is 3.92. The van der Waals surface area contributed by atoms with Crippen LogP contribution < -0.4 is 5.32 Å². The fraction of sp³-hybridized carbons (Fsp3) is 0.231. The van der Waals surface area contributed by atoms with Crippen molar-refractivity contribution < 1.29 is 4.39 Å². The van der Waals surface area contributed by atoms with Crippen LogP contribution in [0.25, 0.3) is 0 Å². The fourth-order valence-corrected chi connectivity index (χ4v) is 2.63. The molecule has 0 aliphatic carbocycles. The quantitative estimate of drug-likeness (QED) is 0.880. The Bertz CT molecular complexity index is 510. The largest absolute Gasteiger partial charge is 0.308 e. The van der Waals surface area contributed by atoms with E-state index in [0.717, 1.165) is 6.54 Å². The average Bonchev–Trinajstić information content (AvgIpc) is 2.70. The highest BCUT2D eigenvalue weighted by molar-refractivity contribution is 7.08. The van der Waals surface area contributed by atoms with E-state index in [0.29, 0.717) is 17.1 Å². The van der Waals surface area contributed by atoms with E-state index in [1.807, 2.05) is 0 Å². The Morgan fingerprint density at radius 2 is 2.00 bits per heavy atom. The van der Waals surface area contributed by atoms with Crippen LogP contribution in [-0.2, 0) is 13.1 Å². The van der Waals surface area contributed by atoms with Gasteiger partial charge in [-0.1, -0.05) is 11.6 Å². The SMILES string of the molecule is Cc1cscc1CNCc1cc(Cl)ccc1F. The van der Waals surface area contributed by atoms with Gasteiger partial charge in [-0.2, -0.15) is 11.3 Å². The van der Waals surface area contributed by atoms with Gasteiger partial charge in [0.15, 0.2) is 0 Å². The normalized spacial score (nSPS) is 10.8. The van der Waals surface area contributed by atoms with Gasteiger partial charge >= 0.3 is 0 Å². The van der Waals surface area contributed by atoms with Gasteiger partial charge in [-0.3, -0.25) is 0 Å². The number of benzene rings is 1. The standard InChI is InChI=1S/C13H13ClFNS/c1-9-7-17-8-11(9)6-16-5-10-4-12(14)2-3-13(10)15/h2-4,7-8,16H,5-6H2,1H3. The summed E-state index contributed by atoms with van der Waals surface area (Å²) in [5, 5.41) is 8.00. The Balaban J connectivity index is 1.94. The van der Waals surface area contributed by atoms with E-state index in [4.69, 9.17) is 11.6 Å². The second kappa shape index (κ2) is 5.63. The van der Waals surface area contributed by atoms with Crippen LogP contribution in [0.4, 0.5) is 4.39 Å². The summed E-state index contributed by atoms with van der Waals surface area (Å²) in [5.41, 5.74) is 3.14. The summed E-state index contributed by atoms with van der Waals surface area (Å²) in [4.78, 5) is 0. The summed E-state index contributed by atoms with van der Waals surface area (Å²) in [5.74, 6) is -0.219. The third kappa shape index (κ3) is 3.28. The van der Waals surface area contributed by atoms with Crippen molar-refractivity contribution >= 4 is 22.9 Å². The fourth-order valence-electron chi connectivity index (χ4n) is 1.58. The van der Waals surface area contributed by atoms with Gasteiger partial charge in [-0.25, -0.2) is 4.39 Å². The van der Waals surface area contributed by atoms with Gasteiger partial charge < -0.3 is 5.32 Å². The van der Waals surface area contributed by atoms with Crippen molar-refractivity contribution in [1.29, 1.82) is 0 Å². The zero-order chi connectivity index (χ0) is 12.3. The number of hydrogen-bond donors (Lipinski definition) is 1. The molecule has 0 radical (unpaired) electrons. The molecular formula is C13H13ClFNS. The summed E-state index contributed by atoms with van der Waals surface area (Å²) in [6.07, 6.45) is 0. The van der Waals surface area contributed by atoms with Crippen molar-refractivity contribution in [2.75, 3.05) is 0 Å². The Labute approximate surface area is 109 Å². The summed E-state index contributed by atoms with van der Waals surface area (Å²) in [6.45, 7) is 3.32. The average molecular weight is 270 g/mol. The van der Waals surface area contributed by atoms with Crippen molar-refractivity contribution in [3.63, 3.8) is 0 Å². The highest BCUT2D eigenvalue weighted by Gasteiger charge is 2.03. The molecule has 0 saturated heterocycles. The number of aryl methyl sites for hydroxylation is 1. The summed E-state index contributed by atoms with van der Waals surface area (Å²) in [7, 11) is 0. The Morgan fingerprint density at radius 1 is 1.24 bits per heavy atom. The molecule has 0 aliphatic rings. The maximum atomic E-state index is 13.4. The van der Waals surface area contributed by atoms with E-state index in [-0.39, 0.29) is 5.82 Å². The first-order chi connectivity index (χ1) is 8.16. The number of thiophene rings is 1. The Kier molecular flexibility index (Phi) is 4.15. The molecule has 1 nitrogen and oxygen atoms in total. The van der Waals surface area contributed by atoms with Crippen LogP contribution in [0.15, 0.2) is 29.0 Å². The second-order valence-corrected chi connectivity index (χ2v) is 5.10. The van der Waals surface area contributed by atoms with Crippen molar-refractivity contribution in [3.05, 3.63) is 56.5 Å². The minimum atomic E-state index is -0.219. The predicted octanol–water partition coefficient (Wildman–Crippen LogP) is 4.14.